The first-order chi connectivity index (χ1) is 14.7. The quantitative estimate of drug-likeness (QED) is 0.615. The largest absolute Gasteiger partial charge is 0.350 e. The van der Waals surface area contributed by atoms with Crippen LogP contribution in [0.25, 0.3) is 0 Å². The molecule has 0 aliphatic carbocycles. The molecule has 162 valence electrons. The van der Waals surface area contributed by atoms with Crippen LogP contribution in [-0.2, 0) is 23.3 Å². The summed E-state index contributed by atoms with van der Waals surface area (Å²) in [5, 5.41) is 9.94. The zero-order chi connectivity index (χ0) is 22.4. The summed E-state index contributed by atoms with van der Waals surface area (Å²) in [6.45, 7) is 9.09. The Balaban J connectivity index is 1.56. The number of rotatable bonds is 7. The summed E-state index contributed by atoms with van der Waals surface area (Å²) in [6, 6.07) is 16.7. The molecule has 0 spiro atoms. The van der Waals surface area contributed by atoms with E-state index in [2.05, 4.69) is 36.5 Å². The maximum atomic E-state index is 12.6. The van der Waals surface area contributed by atoms with Gasteiger partial charge in [-0.3, -0.25) is 14.3 Å². The van der Waals surface area contributed by atoms with Gasteiger partial charge in [-0.2, -0.15) is 5.10 Å². The Morgan fingerprint density at radius 1 is 1.00 bits per heavy atom. The van der Waals surface area contributed by atoms with Crippen LogP contribution in [0, 0.1) is 0 Å². The van der Waals surface area contributed by atoms with Crippen molar-refractivity contribution in [1.82, 2.24) is 20.4 Å². The molecule has 2 N–H and O–H groups in total. The average molecular weight is 419 g/mol. The molecule has 0 aliphatic heterocycles. The van der Waals surface area contributed by atoms with Crippen LogP contribution in [0.3, 0.4) is 0 Å². The fourth-order valence-electron chi connectivity index (χ4n) is 3.26. The number of hydrogen-bond acceptors (Lipinski definition) is 3. The summed E-state index contributed by atoms with van der Waals surface area (Å²) in [6.07, 6.45) is 3.65. The lowest BCUT2D eigenvalue weighted by atomic mass is 9.86. The normalized spacial score (nSPS) is 12.3. The van der Waals surface area contributed by atoms with Crippen molar-refractivity contribution < 1.29 is 9.59 Å². The van der Waals surface area contributed by atoms with Crippen molar-refractivity contribution in [3.8, 4) is 0 Å². The molecule has 6 nitrogen and oxygen atoms in total. The van der Waals surface area contributed by atoms with Gasteiger partial charge in [0.15, 0.2) is 0 Å². The van der Waals surface area contributed by atoms with Crippen molar-refractivity contribution in [3.05, 3.63) is 89.2 Å². The molecule has 0 saturated carbocycles. The third-order valence-electron chi connectivity index (χ3n) is 5.22. The average Bonchev–Trinajstić information content (AvgIpc) is 3.25. The number of carbonyl (C=O) groups excluding carboxylic acids is 2. The minimum absolute atomic E-state index is 0.0237. The highest BCUT2D eigenvalue weighted by Gasteiger charge is 2.18. The lowest BCUT2D eigenvalue weighted by Crippen LogP contribution is -2.44. The highest BCUT2D eigenvalue weighted by molar-refractivity contribution is 5.97. The van der Waals surface area contributed by atoms with E-state index in [1.54, 1.807) is 25.3 Å². The summed E-state index contributed by atoms with van der Waals surface area (Å²) in [5.74, 6) is -0.490. The number of carbonyl (C=O) groups is 2. The van der Waals surface area contributed by atoms with Crippen LogP contribution >= 0.6 is 0 Å². The summed E-state index contributed by atoms with van der Waals surface area (Å²) in [7, 11) is 0. The number of benzene rings is 2. The molecule has 2 aromatic carbocycles. The molecule has 1 unspecified atom stereocenters. The molecule has 0 aliphatic rings. The van der Waals surface area contributed by atoms with E-state index in [4.69, 9.17) is 0 Å². The Hall–Kier alpha value is -3.41. The monoisotopic (exact) mass is 418 g/mol. The lowest BCUT2D eigenvalue weighted by molar-refractivity contribution is -0.122. The number of aromatic nitrogens is 2. The number of amides is 2. The SMILES string of the molecule is CC(NC(=O)c1ccc(C(C)(C)C)cc1)C(=O)NCc1ccccc1Cn1cccn1. The maximum absolute atomic E-state index is 12.6. The van der Waals surface area contributed by atoms with Crippen LogP contribution in [0.2, 0.25) is 0 Å². The van der Waals surface area contributed by atoms with E-state index in [1.165, 1.54) is 0 Å². The molecule has 0 fully saturated rings. The Bertz CT molecular complexity index is 1020. The van der Waals surface area contributed by atoms with Gasteiger partial charge in [-0.15, -0.1) is 0 Å². The molecule has 1 aromatic heterocycles. The van der Waals surface area contributed by atoms with Crippen molar-refractivity contribution in [2.75, 3.05) is 0 Å². The zero-order valence-electron chi connectivity index (χ0n) is 18.6. The molecule has 6 heteroatoms. The number of nitrogens with one attached hydrogen (secondary N) is 2. The van der Waals surface area contributed by atoms with Crippen LogP contribution in [0.4, 0.5) is 0 Å². The van der Waals surface area contributed by atoms with Crippen molar-refractivity contribution in [2.24, 2.45) is 0 Å². The summed E-state index contributed by atoms with van der Waals surface area (Å²) >= 11 is 0. The minimum atomic E-state index is -0.645. The van der Waals surface area contributed by atoms with Crippen LogP contribution in [-0.4, -0.2) is 27.6 Å². The van der Waals surface area contributed by atoms with Gasteiger partial charge in [0, 0.05) is 24.5 Å². The first-order valence-electron chi connectivity index (χ1n) is 10.5. The summed E-state index contributed by atoms with van der Waals surface area (Å²) < 4.78 is 1.84. The molecule has 3 rings (SSSR count). The van der Waals surface area contributed by atoms with Gasteiger partial charge < -0.3 is 10.6 Å². The highest BCUT2D eigenvalue weighted by Crippen LogP contribution is 2.22. The standard InChI is InChI=1S/C25H30N4O2/c1-18(28-24(31)19-10-12-22(13-11-19)25(2,3)4)23(30)26-16-20-8-5-6-9-21(20)17-29-15-7-14-27-29/h5-15,18H,16-17H2,1-4H3,(H,26,30)(H,28,31). The molecule has 3 aromatic rings. The molecule has 2 amide bonds. The van der Waals surface area contributed by atoms with Crippen LogP contribution in [0.5, 0.6) is 0 Å². The van der Waals surface area contributed by atoms with E-state index < -0.39 is 6.04 Å². The predicted molar refractivity (Wildman–Crippen MR) is 122 cm³/mol. The topological polar surface area (TPSA) is 76.0 Å². The molecular formula is C25H30N4O2. The fraction of sp³-hybridized carbons (Fsp3) is 0.320. The lowest BCUT2D eigenvalue weighted by Gasteiger charge is -2.19. The number of nitrogens with zero attached hydrogens (tertiary/aromatic N) is 2. The predicted octanol–water partition coefficient (Wildman–Crippen LogP) is 3.66. The van der Waals surface area contributed by atoms with Gasteiger partial charge in [0.1, 0.15) is 6.04 Å². The van der Waals surface area contributed by atoms with Gasteiger partial charge >= 0.3 is 0 Å². The summed E-state index contributed by atoms with van der Waals surface area (Å²) in [5.41, 5.74) is 3.82. The van der Waals surface area contributed by atoms with Crippen LogP contribution < -0.4 is 10.6 Å². The van der Waals surface area contributed by atoms with E-state index in [9.17, 15) is 9.59 Å². The molecule has 31 heavy (non-hydrogen) atoms. The van der Waals surface area contributed by atoms with Gasteiger partial charge in [0.05, 0.1) is 6.54 Å². The highest BCUT2D eigenvalue weighted by atomic mass is 16.2. The minimum Gasteiger partial charge on any atom is -0.350 e. The third kappa shape index (κ3) is 6.04. The van der Waals surface area contributed by atoms with Crippen molar-refractivity contribution in [1.29, 1.82) is 0 Å². The van der Waals surface area contributed by atoms with E-state index in [0.717, 1.165) is 16.7 Å². The van der Waals surface area contributed by atoms with Gasteiger partial charge in [0.25, 0.3) is 5.91 Å². The van der Waals surface area contributed by atoms with Crippen LogP contribution in [0.15, 0.2) is 67.0 Å². The van der Waals surface area contributed by atoms with Gasteiger partial charge in [-0.05, 0) is 47.2 Å². The Labute approximate surface area is 183 Å². The van der Waals surface area contributed by atoms with Crippen molar-refractivity contribution >= 4 is 11.8 Å². The van der Waals surface area contributed by atoms with Gasteiger partial charge in [0.2, 0.25) is 5.91 Å². The molecule has 0 bridgehead atoms. The van der Waals surface area contributed by atoms with E-state index in [1.807, 2.05) is 53.3 Å². The van der Waals surface area contributed by atoms with Crippen molar-refractivity contribution in [2.45, 2.75) is 52.2 Å². The van der Waals surface area contributed by atoms with E-state index in [0.29, 0.717) is 18.7 Å². The molecular weight excluding hydrogens is 388 g/mol. The van der Waals surface area contributed by atoms with Gasteiger partial charge in [-0.1, -0.05) is 57.2 Å². The Morgan fingerprint density at radius 3 is 2.29 bits per heavy atom. The number of hydrogen-bond donors (Lipinski definition) is 2. The third-order valence-corrected chi connectivity index (χ3v) is 5.22. The first-order valence-corrected chi connectivity index (χ1v) is 10.5. The Morgan fingerprint density at radius 2 is 1.68 bits per heavy atom. The molecule has 1 heterocycles. The smallest absolute Gasteiger partial charge is 0.251 e. The molecule has 0 radical (unpaired) electrons. The van der Waals surface area contributed by atoms with Crippen LogP contribution in [0.1, 0.15) is 54.7 Å². The maximum Gasteiger partial charge on any atom is 0.251 e. The second-order valence-electron chi connectivity index (χ2n) is 8.71. The first kappa shape index (κ1) is 22.3. The van der Waals surface area contributed by atoms with E-state index >= 15 is 0 Å². The second-order valence-corrected chi connectivity index (χ2v) is 8.71. The fourth-order valence-corrected chi connectivity index (χ4v) is 3.26. The van der Waals surface area contributed by atoms with E-state index in [-0.39, 0.29) is 17.2 Å². The Kier molecular flexibility index (Phi) is 6.90. The summed E-state index contributed by atoms with van der Waals surface area (Å²) in [4.78, 5) is 25.1. The molecule has 1 atom stereocenters. The molecule has 0 saturated heterocycles. The zero-order valence-corrected chi connectivity index (χ0v) is 18.6. The van der Waals surface area contributed by atoms with Crippen molar-refractivity contribution in [3.63, 3.8) is 0 Å². The van der Waals surface area contributed by atoms with Gasteiger partial charge in [-0.25, -0.2) is 0 Å². The second kappa shape index (κ2) is 9.60.